The predicted molar refractivity (Wildman–Crippen MR) is 168 cm³/mol. The molecule has 0 atom stereocenters. The van der Waals surface area contributed by atoms with Crippen LogP contribution in [0.5, 0.6) is 0 Å². The van der Waals surface area contributed by atoms with E-state index in [-0.39, 0.29) is 0 Å². The van der Waals surface area contributed by atoms with Gasteiger partial charge in [-0.3, -0.25) is 0 Å². The van der Waals surface area contributed by atoms with Crippen LogP contribution in [0.15, 0.2) is 101 Å². The summed E-state index contributed by atoms with van der Waals surface area (Å²) in [5.74, 6) is 2.31. The number of hydrogen-bond donors (Lipinski definition) is 1. The van der Waals surface area contributed by atoms with Crippen molar-refractivity contribution >= 4 is 116 Å². The van der Waals surface area contributed by atoms with Crippen molar-refractivity contribution in [1.29, 1.82) is 0 Å². The first-order valence-corrected chi connectivity index (χ1v) is 16.8. The Hall–Kier alpha value is 1.11. The lowest BCUT2D eigenvalue weighted by Crippen LogP contribution is -1.85. The standard InChI is InChI=1S/C15H14Br2S2.C6H5BrS.C3H6Br2/c16-12-6-1-3-8-14(12)18-10-5-11-19-15-9-4-2-7-13(15)17;7-5-3-1-2-4-6(5)8;4-2-1-3-5/h1-4,6-9H,5,10-11H2;1-4,8H;1-3H2. The van der Waals surface area contributed by atoms with Gasteiger partial charge in [0.1, 0.15) is 0 Å². The third-order valence-electron chi connectivity index (χ3n) is 3.60. The molecule has 0 saturated carbocycles. The van der Waals surface area contributed by atoms with Crippen LogP contribution in [0.3, 0.4) is 0 Å². The Balaban J connectivity index is 0.000000323. The van der Waals surface area contributed by atoms with E-state index >= 15 is 0 Å². The van der Waals surface area contributed by atoms with Crippen molar-refractivity contribution in [2.45, 2.75) is 27.5 Å². The van der Waals surface area contributed by atoms with Crippen LogP contribution >= 0.6 is 116 Å². The van der Waals surface area contributed by atoms with Crippen molar-refractivity contribution in [3.8, 4) is 0 Å². The highest BCUT2D eigenvalue weighted by atomic mass is 79.9. The molecule has 0 N–H and O–H groups in total. The maximum atomic E-state index is 4.15. The van der Waals surface area contributed by atoms with Gasteiger partial charge in [0.25, 0.3) is 0 Å². The zero-order valence-corrected chi connectivity index (χ0v) is 27.8. The minimum atomic E-state index is 0.979. The summed E-state index contributed by atoms with van der Waals surface area (Å²) in [4.78, 5) is 3.63. The van der Waals surface area contributed by atoms with Crippen molar-refractivity contribution in [3.05, 3.63) is 86.2 Å². The van der Waals surface area contributed by atoms with E-state index in [1.165, 1.54) is 31.6 Å². The van der Waals surface area contributed by atoms with Crippen molar-refractivity contribution in [1.82, 2.24) is 0 Å². The van der Waals surface area contributed by atoms with Gasteiger partial charge in [0, 0.05) is 38.8 Å². The van der Waals surface area contributed by atoms with Gasteiger partial charge in [0.2, 0.25) is 0 Å². The Morgan fingerprint density at radius 3 is 1.28 bits per heavy atom. The van der Waals surface area contributed by atoms with Crippen LogP contribution in [0.25, 0.3) is 0 Å². The van der Waals surface area contributed by atoms with E-state index in [0.29, 0.717) is 0 Å². The molecule has 3 rings (SSSR count). The van der Waals surface area contributed by atoms with Gasteiger partial charge in [-0.05, 0) is 109 Å². The zero-order valence-electron chi connectivity index (χ0n) is 17.3. The molecular weight excluding hydrogens is 784 g/mol. The van der Waals surface area contributed by atoms with Gasteiger partial charge in [-0.15, -0.1) is 36.2 Å². The van der Waals surface area contributed by atoms with E-state index in [1.807, 2.05) is 47.8 Å². The summed E-state index contributed by atoms with van der Waals surface area (Å²) in [7, 11) is 0. The van der Waals surface area contributed by atoms with E-state index in [1.54, 1.807) is 0 Å². The third kappa shape index (κ3) is 14.5. The number of halogens is 5. The van der Waals surface area contributed by atoms with E-state index in [9.17, 15) is 0 Å². The second-order valence-electron chi connectivity index (χ2n) is 6.09. The van der Waals surface area contributed by atoms with Crippen LogP contribution in [-0.4, -0.2) is 22.2 Å². The summed E-state index contributed by atoms with van der Waals surface area (Å²) in [6.45, 7) is 0. The highest BCUT2D eigenvalue weighted by Gasteiger charge is 2.01. The van der Waals surface area contributed by atoms with Gasteiger partial charge >= 0.3 is 0 Å². The summed E-state index contributed by atoms with van der Waals surface area (Å²) in [5, 5.41) is 2.22. The van der Waals surface area contributed by atoms with E-state index in [2.05, 4.69) is 141 Å². The minimum absolute atomic E-state index is 0.979. The lowest BCUT2D eigenvalue weighted by atomic mass is 10.4. The van der Waals surface area contributed by atoms with Gasteiger partial charge in [-0.2, -0.15) is 0 Å². The van der Waals surface area contributed by atoms with Gasteiger partial charge in [0.05, 0.1) is 0 Å². The molecule has 0 heterocycles. The Morgan fingerprint density at radius 2 is 0.969 bits per heavy atom. The summed E-state index contributed by atoms with van der Waals surface area (Å²) in [6.07, 6.45) is 2.43. The lowest BCUT2D eigenvalue weighted by molar-refractivity contribution is 1.12. The van der Waals surface area contributed by atoms with Gasteiger partial charge < -0.3 is 0 Å². The van der Waals surface area contributed by atoms with Crippen LogP contribution < -0.4 is 0 Å². The SMILES string of the molecule is BrCCCBr.Brc1ccccc1SCCCSc1ccccc1Br.Sc1ccccc1Br. The first-order chi connectivity index (χ1) is 15.5. The Morgan fingerprint density at radius 1 is 0.562 bits per heavy atom. The van der Waals surface area contributed by atoms with Crippen LogP contribution in [0, 0.1) is 0 Å². The van der Waals surface area contributed by atoms with Crippen molar-refractivity contribution < 1.29 is 0 Å². The summed E-state index contributed by atoms with van der Waals surface area (Å²) in [6, 6.07) is 24.6. The normalized spacial score (nSPS) is 9.94. The Labute approximate surface area is 248 Å². The first-order valence-electron chi connectivity index (χ1n) is 9.79. The Bertz CT molecular complexity index is 822. The lowest BCUT2D eigenvalue weighted by Gasteiger charge is -2.05. The molecule has 0 unspecified atom stereocenters. The number of alkyl halides is 2. The zero-order chi connectivity index (χ0) is 23.6. The monoisotopic (exact) mass is 804 g/mol. The highest BCUT2D eigenvalue weighted by molar-refractivity contribution is 9.11. The smallest absolute Gasteiger partial charge is 0.0311 e. The maximum absolute atomic E-state index is 4.15. The molecule has 0 bridgehead atoms. The van der Waals surface area contributed by atoms with E-state index < -0.39 is 0 Å². The molecule has 0 saturated heterocycles. The molecule has 0 aliphatic carbocycles. The molecule has 0 fully saturated rings. The van der Waals surface area contributed by atoms with E-state index in [0.717, 1.165) is 31.5 Å². The minimum Gasteiger partial charge on any atom is -0.142 e. The van der Waals surface area contributed by atoms with Crippen molar-refractivity contribution in [2.75, 3.05) is 22.2 Å². The molecule has 0 aliphatic rings. The third-order valence-corrected chi connectivity index (χ3v) is 10.3. The topological polar surface area (TPSA) is 0 Å². The van der Waals surface area contributed by atoms with Crippen molar-refractivity contribution in [3.63, 3.8) is 0 Å². The summed E-state index contributed by atoms with van der Waals surface area (Å²) >= 11 is 25.0. The van der Waals surface area contributed by atoms with Crippen LogP contribution in [-0.2, 0) is 0 Å². The molecule has 8 heteroatoms. The maximum Gasteiger partial charge on any atom is 0.0311 e. The fourth-order valence-electron chi connectivity index (χ4n) is 2.05. The molecule has 0 aliphatic heterocycles. The number of rotatable bonds is 8. The highest BCUT2D eigenvalue weighted by Crippen LogP contribution is 2.30. The molecule has 0 radical (unpaired) electrons. The molecule has 174 valence electrons. The molecule has 0 spiro atoms. The van der Waals surface area contributed by atoms with Crippen LogP contribution in [0.2, 0.25) is 0 Å². The number of thiol groups is 1. The predicted octanol–water partition coefficient (Wildman–Crippen LogP) is 11.4. The van der Waals surface area contributed by atoms with Gasteiger partial charge in [-0.25, -0.2) is 0 Å². The average molecular weight is 809 g/mol. The van der Waals surface area contributed by atoms with Crippen LogP contribution in [0.1, 0.15) is 12.8 Å². The number of thioether (sulfide) groups is 2. The van der Waals surface area contributed by atoms with Crippen LogP contribution in [0.4, 0.5) is 0 Å². The molecule has 0 aromatic heterocycles. The summed E-state index contributed by atoms with van der Waals surface area (Å²) in [5.41, 5.74) is 0. The van der Waals surface area contributed by atoms with Gasteiger partial charge in [-0.1, -0.05) is 68.3 Å². The largest absolute Gasteiger partial charge is 0.142 e. The molecule has 32 heavy (non-hydrogen) atoms. The number of hydrogen-bond acceptors (Lipinski definition) is 3. The molecule has 0 nitrogen and oxygen atoms in total. The second-order valence-corrected chi connectivity index (χ2v) is 13.0. The number of benzene rings is 3. The second kappa shape index (κ2) is 20.3. The molecule has 3 aromatic rings. The fraction of sp³-hybridized carbons (Fsp3) is 0.250. The fourth-order valence-corrected chi connectivity index (χ4v) is 7.03. The van der Waals surface area contributed by atoms with Gasteiger partial charge in [0.15, 0.2) is 0 Å². The van der Waals surface area contributed by atoms with Crippen molar-refractivity contribution in [2.24, 2.45) is 0 Å². The van der Waals surface area contributed by atoms with E-state index in [4.69, 9.17) is 0 Å². The Kier molecular flexibility index (Phi) is 19.8. The average Bonchev–Trinajstić information content (AvgIpc) is 2.79. The summed E-state index contributed by atoms with van der Waals surface area (Å²) < 4.78 is 3.43. The molecule has 0 amide bonds. The first kappa shape index (κ1) is 31.1. The quantitative estimate of drug-likeness (QED) is 0.104. The molecular formula is C24H25Br5S3. The molecule has 3 aromatic carbocycles.